The van der Waals surface area contributed by atoms with Crippen LogP contribution in [0.5, 0.6) is 0 Å². The van der Waals surface area contributed by atoms with Crippen molar-refractivity contribution in [1.29, 1.82) is 0 Å². The molecule has 1 amide bonds. The average molecular weight is 374 g/mol. The Kier molecular flexibility index (Phi) is 6.56. The summed E-state index contributed by atoms with van der Waals surface area (Å²) in [5.74, 6) is 3.47. The van der Waals surface area contributed by atoms with E-state index in [0.717, 1.165) is 57.2 Å². The first-order valence-electron chi connectivity index (χ1n) is 8.48. The van der Waals surface area contributed by atoms with Gasteiger partial charge in [-0.05, 0) is 12.8 Å². The predicted octanol–water partition coefficient (Wildman–Crippen LogP) is 2.04. The van der Waals surface area contributed by atoms with E-state index in [1.54, 1.807) is 11.8 Å². The lowest BCUT2D eigenvalue weighted by molar-refractivity contribution is -0.129. The second kappa shape index (κ2) is 8.06. The molecule has 1 saturated heterocycles. The smallest absolute Gasteiger partial charge is 0.232 e. The molecule has 1 fully saturated rings. The minimum Gasteiger partial charge on any atom is -0.342 e. The fourth-order valence-electron chi connectivity index (χ4n) is 3.17. The normalized spacial score (nSPS) is 18.9. The van der Waals surface area contributed by atoms with Gasteiger partial charge >= 0.3 is 0 Å². The zero-order chi connectivity index (χ0) is 16.4. The van der Waals surface area contributed by atoms with Gasteiger partial charge in [0.1, 0.15) is 11.6 Å². The van der Waals surface area contributed by atoms with E-state index >= 15 is 0 Å². The number of rotatable bonds is 3. The summed E-state index contributed by atoms with van der Waals surface area (Å²) >= 11 is 1.73. The van der Waals surface area contributed by atoms with Crippen LogP contribution >= 0.6 is 24.2 Å². The summed E-state index contributed by atoms with van der Waals surface area (Å²) in [5, 5.41) is 12.1. The topological polar surface area (TPSA) is 63.1 Å². The lowest BCUT2D eigenvalue weighted by Crippen LogP contribution is -2.40. The Morgan fingerprint density at radius 1 is 1.25 bits per heavy atom. The number of nitrogens with zero attached hydrogens (tertiary/aromatic N) is 4. The van der Waals surface area contributed by atoms with Crippen LogP contribution in [0.1, 0.15) is 51.2 Å². The van der Waals surface area contributed by atoms with Gasteiger partial charge in [0.05, 0.1) is 12.3 Å². The lowest BCUT2D eigenvalue weighted by atomic mass is 9.95. The number of amides is 1. The lowest BCUT2D eigenvalue weighted by Gasteiger charge is -2.32. The van der Waals surface area contributed by atoms with Gasteiger partial charge in [0.2, 0.25) is 5.91 Å². The number of fused-ring (bicyclic) bond motifs is 1. The van der Waals surface area contributed by atoms with Crippen molar-refractivity contribution >= 4 is 30.1 Å². The number of likely N-dealkylation sites (tertiary alicyclic amines) is 1. The van der Waals surface area contributed by atoms with E-state index in [9.17, 15) is 4.79 Å². The molecule has 1 aromatic heterocycles. The Morgan fingerprint density at radius 2 is 1.96 bits per heavy atom. The Bertz CT molecular complexity index is 563. The molecule has 0 unspecified atom stereocenters. The second-order valence-corrected chi connectivity index (χ2v) is 9.16. The van der Waals surface area contributed by atoms with Crippen LogP contribution in [0.25, 0.3) is 0 Å². The number of thioether (sulfide) groups is 1. The standard InChI is InChI=1S/C16H27N5OS.ClH/c1-16(2,3)23-11-14(22)20-7-4-12(5-8-20)15-19-18-13-10-17-6-9-21(13)15;/h12,17H,4-11H2,1-3H3;1H. The van der Waals surface area contributed by atoms with Gasteiger partial charge in [0.15, 0.2) is 0 Å². The number of carbonyl (C=O) groups excluding carboxylic acids is 1. The van der Waals surface area contributed by atoms with Crippen molar-refractivity contribution in [3.8, 4) is 0 Å². The number of hydrogen-bond acceptors (Lipinski definition) is 5. The monoisotopic (exact) mass is 373 g/mol. The van der Waals surface area contributed by atoms with E-state index in [2.05, 4.69) is 40.9 Å². The van der Waals surface area contributed by atoms with Gasteiger partial charge in [0, 0.05) is 36.8 Å². The Balaban J connectivity index is 0.00000208. The first kappa shape index (κ1) is 19.5. The molecule has 0 aliphatic carbocycles. The van der Waals surface area contributed by atoms with Crippen LogP contribution in [-0.4, -0.2) is 55.7 Å². The molecule has 2 aliphatic heterocycles. The molecule has 0 spiro atoms. The highest BCUT2D eigenvalue weighted by molar-refractivity contribution is 8.01. The Labute approximate surface area is 154 Å². The van der Waals surface area contributed by atoms with Crippen molar-refractivity contribution in [2.75, 3.05) is 25.4 Å². The van der Waals surface area contributed by atoms with Gasteiger partial charge in [-0.15, -0.1) is 34.4 Å². The van der Waals surface area contributed by atoms with E-state index in [1.807, 2.05) is 4.90 Å². The summed E-state index contributed by atoms with van der Waals surface area (Å²) < 4.78 is 2.41. The summed E-state index contributed by atoms with van der Waals surface area (Å²) in [7, 11) is 0. The SMILES string of the molecule is CC(C)(C)SCC(=O)N1CCC(c2nnc3n2CCNC3)CC1.Cl. The Hall–Kier alpha value is -0.790. The van der Waals surface area contributed by atoms with Crippen molar-refractivity contribution in [2.24, 2.45) is 0 Å². The molecule has 0 aromatic carbocycles. The van der Waals surface area contributed by atoms with Gasteiger partial charge in [0.25, 0.3) is 0 Å². The summed E-state index contributed by atoms with van der Waals surface area (Å²) in [5.41, 5.74) is 0. The minimum absolute atomic E-state index is 0. The van der Waals surface area contributed by atoms with Crippen molar-refractivity contribution in [2.45, 2.75) is 57.4 Å². The van der Waals surface area contributed by atoms with Crippen LogP contribution in [-0.2, 0) is 17.9 Å². The van der Waals surface area contributed by atoms with Crippen LogP contribution in [0.15, 0.2) is 0 Å². The molecule has 1 N–H and O–H groups in total. The van der Waals surface area contributed by atoms with Crippen molar-refractivity contribution in [3.05, 3.63) is 11.6 Å². The molecular weight excluding hydrogens is 346 g/mol. The fourth-order valence-corrected chi connectivity index (χ4v) is 3.91. The third-order valence-corrected chi connectivity index (χ3v) is 5.75. The van der Waals surface area contributed by atoms with Crippen LogP contribution in [0.3, 0.4) is 0 Å². The van der Waals surface area contributed by atoms with Crippen LogP contribution in [0, 0.1) is 0 Å². The van der Waals surface area contributed by atoms with Crippen LogP contribution < -0.4 is 5.32 Å². The van der Waals surface area contributed by atoms with E-state index in [-0.39, 0.29) is 23.1 Å². The number of halogens is 1. The van der Waals surface area contributed by atoms with Gasteiger partial charge in [-0.25, -0.2) is 0 Å². The number of hydrogen-bond donors (Lipinski definition) is 1. The quantitative estimate of drug-likeness (QED) is 0.878. The number of aromatic nitrogens is 3. The third-order valence-electron chi connectivity index (χ3n) is 4.49. The molecule has 1 aromatic rings. The number of carbonyl (C=O) groups is 1. The van der Waals surface area contributed by atoms with Crippen molar-refractivity contribution in [1.82, 2.24) is 25.0 Å². The van der Waals surface area contributed by atoms with Gasteiger partial charge < -0.3 is 14.8 Å². The molecule has 3 rings (SSSR count). The van der Waals surface area contributed by atoms with E-state index in [4.69, 9.17) is 0 Å². The predicted molar refractivity (Wildman–Crippen MR) is 99.7 cm³/mol. The van der Waals surface area contributed by atoms with Gasteiger partial charge in [-0.1, -0.05) is 20.8 Å². The first-order chi connectivity index (χ1) is 10.9. The maximum atomic E-state index is 12.3. The molecule has 6 nitrogen and oxygen atoms in total. The maximum absolute atomic E-state index is 12.3. The molecule has 0 bridgehead atoms. The minimum atomic E-state index is 0. The highest BCUT2D eigenvalue weighted by Gasteiger charge is 2.29. The zero-order valence-electron chi connectivity index (χ0n) is 14.7. The second-order valence-electron chi connectivity index (χ2n) is 7.36. The van der Waals surface area contributed by atoms with Gasteiger partial charge in [-0.3, -0.25) is 4.79 Å². The zero-order valence-corrected chi connectivity index (χ0v) is 16.4. The molecule has 0 atom stereocenters. The first-order valence-corrected chi connectivity index (χ1v) is 9.47. The summed E-state index contributed by atoms with van der Waals surface area (Å²) in [6.45, 7) is 10.9. The molecular formula is C16H28ClN5OS. The molecule has 3 heterocycles. The third kappa shape index (κ3) is 4.64. The molecule has 2 aliphatic rings. The summed E-state index contributed by atoms with van der Waals surface area (Å²) in [6, 6.07) is 0. The molecule has 0 saturated carbocycles. The van der Waals surface area contributed by atoms with Crippen molar-refractivity contribution in [3.63, 3.8) is 0 Å². The largest absolute Gasteiger partial charge is 0.342 e. The van der Waals surface area contributed by atoms with Gasteiger partial charge in [-0.2, -0.15) is 0 Å². The van der Waals surface area contributed by atoms with E-state index in [0.29, 0.717) is 11.7 Å². The van der Waals surface area contributed by atoms with E-state index in [1.165, 1.54) is 0 Å². The number of nitrogens with one attached hydrogen (secondary N) is 1. The van der Waals surface area contributed by atoms with Crippen LogP contribution in [0.2, 0.25) is 0 Å². The number of piperidine rings is 1. The molecule has 8 heteroatoms. The van der Waals surface area contributed by atoms with Crippen molar-refractivity contribution < 1.29 is 4.79 Å². The Morgan fingerprint density at radius 3 is 2.62 bits per heavy atom. The highest BCUT2D eigenvalue weighted by Crippen LogP contribution is 2.29. The maximum Gasteiger partial charge on any atom is 0.232 e. The molecule has 136 valence electrons. The summed E-state index contributed by atoms with van der Waals surface area (Å²) in [4.78, 5) is 14.4. The molecule has 0 radical (unpaired) electrons. The van der Waals surface area contributed by atoms with E-state index < -0.39 is 0 Å². The van der Waals surface area contributed by atoms with Crippen LogP contribution in [0.4, 0.5) is 0 Å². The molecule has 24 heavy (non-hydrogen) atoms. The average Bonchev–Trinajstić information content (AvgIpc) is 2.96. The summed E-state index contributed by atoms with van der Waals surface area (Å²) in [6.07, 6.45) is 2.00. The highest BCUT2D eigenvalue weighted by atomic mass is 35.5. The fraction of sp³-hybridized carbons (Fsp3) is 0.812.